The van der Waals surface area contributed by atoms with Crippen molar-refractivity contribution in [3.8, 4) is 5.75 Å². The van der Waals surface area contributed by atoms with Gasteiger partial charge in [0, 0.05) is 0 Å². The third kappa shape index (κ3) is 1.78. The fraction of sp³-hybridized carbons (Fsp3) is 0.333. The summed E-state index contributed by atoms with van der Waals surface area (Å²) in [5.74, 6) is -0.0215. The molecule has 0 aliphatic heterocycles. The van der Waals surface area contributed by atoms with Gasteiger partial charge >= 0.3 is 0 Å². The Morgan fingerprint density at radius 1 is 1.50 bits per heavy atom. The Kier molecular flexibility index (Phi) is 3.09. The van der Waals surface area contributed by atoms with Crippen LogP contribution in [0.2, 0.25) is 0 Å². The third-order valence-corrected chi connectivity index (χ3v) is 2.52. The van der Waals surface area contributed by atoms with E-state index in [9.17, 15) is 4.39 Å². The molecule has 0 aliphatic carbocycles. The van der Waals surface area contributed by atoms with Crippen LogP contribution in [-0.4, -0.2) is 6.61 Å². The van der Waals surface area contributed by atoms with E-state index in [4.69, 9.17) is 4.74 Å². The lowest BCUT2D eigenvalue weighted by molar-refractivity contribution is 0.319. The summed E-state index contributed by atoms with van der Waals surface area (Å²) < 4.78 is 18.9. The maximum atomic E-state index is 13.1. The topological polar surface area (TPSA) is 9.23 Å². The van der Waals surface area contributed by atoms with Crippen molar-refractivity contribution >= 4 is 15.9 Å². The van der Waals surface area contributed by atoms with Crippen molar-refractivity contribution in [2.75, 3.05) is 6.61 Å². The predicted molar refractivity (Wildman–Crippen MR) is 50.0 cm³/mol. The van der Waals surface area contributed by atoms with E-state index in [-0.39, 0.29) is 5.82 Å². The van der Waals surface area contributed by atoms with Gasteiger partial charge in [0.25, 0.3) is 0 Å². The van der Waals surface area contributed by atoms with E-state index in [0.29, 0.717) is 16.8 Å². The average Bonchev–Trinajstić information content (AvgIpc) is 2.06. The van der Waals surface area contributed by atoms with Crippen LogP contribution >= 0.6 is 15.9 Å². The maximum Gasteiger partial charge on any atom is 0.169 e. The van der Waals surface area contributed by atoms with Gasteiger partial charge in [-0.15, -0.1) is 0 Å². The lowest BCUT2D eigenvalue weighted by Crippen LogP contribution is -1.96. The highest BCUT2D eigenvalue weighted by Gasteiger charge is 2.09. The molecular weight excluding hydrogens is 223 g/mol. The average molecular weight is 233 g/mol. The number of benzene rings is 1. The van der Waals surface area contributed by atoms with Gasteiger partial charge in [-0.1, -0.05) is 6.07 Å². The largest absolute Gasteiger partial charge is 0.490 e. The molecule has 1 aromatic rings. The molecule has 0 fully saturated rings. The molecule has 0 spiro atoms. The van der Waals surface area contributed by atoms with Crippen LogP contribution in [0.5, 0.6) is 5.75 Å². The quantitative estimate of drug-likeness (QED) is 0.761. The van der Waals surface area contributed by atoms with Crippen LogP contribution in [-0.2, 0) is 0 Å². The summed E-state index contributed by atoms with van der Waals surface area (Å²) >= 11 is 3.27. The van der Waals surface area contributed by atoms with E-state index >= 15 is 0 Å². The van der Waals surface area contributed by atoms with Crippen LogP contribution in [0.3, 0.4) is 0 Å². The van der Waals surface area contributed by atoms with Crippen LogP contribution in [0.25, 0.3) is 0 Å². The smallest absolute Gasteiger partial charge is 0.169 e. The molecule has 3 heteroatoms. The molecule has 0 saturated heterocycles. The molecule has 12 heavy (non-hydrogen) atoms. The standard InChI is InChI=1S/C9H10BrFO/c1-3-12-9-7(11)5-4-6(2)8(9)10/h4-5H,3H2,1-2H3. The van der Waals surface area contributed by atoms with Gasteiger partial charge in [-0.05, 0) is 41.4 Å². The van der Waals surface area contributed by atoms with E-state index in [1.54, 1.807) is 6.07 Å². The molecule has 0 heterocycles. The zero-order chi connectivity index (χ0) is 9.14. The summed E-state index contributed by atoms with van der Waals surface area (Å²) in [5, 5.41) is 0. The lowest BCUT2D eigenvalue weighted by Gasteiger charge is -2.08. The molecule has 66 valence electrons. The summed E-state index contributed by atoms with van der Waals surface area (Å²) in [6.07, 6.45) is 0. The van der Waals surface area contributed by atoms with Crippen molar-refractivity contribution in [1.82, 2.24) is 0 Å². The van der Waals surface area contributed by atoms with Crippen molar-refractivity contribution in [2.24, 2.45) is 0 Å². The first-order valence-electron chi connectivity index (χ1n) is 3.74. The fourth-order valence-corrected chi connectivity index (χ4v) is 1.34. The van der Waals surface area contributed by atoms with Crippen LogP contribution < -0.4 is 4.74 Å². The molecule has 0 aromatic heterocycles. The summed E-state index contributed by atoms with van der Waals surface area (Å²) in [6.45, 7) is 4.19. The fourth-order valence-electron chi connectivity index (χ4n) is 0.908. The number of hydrogen-bond acceptors (Lipinski definition) is 1. The Morgan fingerprint density at radius 2 is 2.17 bits per heavy atom. The van der Waals surface area contributed by atoms with Gasteiger partial charge in [-0.3, -0.25) is 0 Å². The molecule has 1 aromatic carbocycles. The van der Waals surface area contributed by atoms with Gasteiger partial charge in [0.05, 0.1) is 11.1 Å². The van der Waals surface area contributed by atoms with Gasteiger partial charge in [-0.2, -0.15) is 0 Å². The Hall–Kier alpha value is -0.570. The van der Waals surface area contributed by atoms with E-state index in [2.05, 4.69) is 15.9 Å². The maximum absolute atomic E-state index is 13.1. The number of ether oxygens (including phenoxy) is 1. The van der Waals surface area contributed by atoms with Gasteiger partial charge in [0.2, 0.25) is 0 Å². The van der Waals surface area contributed by atoms with Crippen molar-refractivity contribution in [1.29, 1.82) is 0 Å². The second kappa shape index (κ2) is 3.90. The molecule has 0 unspecified atom stereocenters. The zero-order valence-electron chi connectivity index (χ0n) is 7.03. The van der Waals surface area contributed by atoms with E-state index in [0.717, 1.165) is 5.56 Å². The first-order chi connectivity index (χ1) is 5.66. The predicted octanol–water partition coefficient (Wildman–Crippen LogP) is 3.30. The second-order valence-corrected chi connectivity index (χ2v) is 3.23. The molecule has 0 aliphatic rings. The van der Waals surface area contributed by atoms with E-state index in [1.165, 1.54) is 6.07 Å². The van der Waals surface area contributed by atoms with Crippen LogP contribution in [0.1, 0.15) is 12.5 Å². The van der Waals surface area contributed by atoms with Crippen LogP contribution in [0.15, 0.2) is 16.6 Å². The van der Waals surface area contributed by atoms with Gasteiger partial charge < -0.3 is 4.74 Å². The minimum absolute atomic E-state index is 0.303. The summed E-state index contributed by atoms with van der Waals surface area (Å²) in [6, 6.07) is 3.12. The molecule has 0 N–H and O–H groups in total. The molecule has 1 nitrogen and oxygen atoms in total. The van der Waals surface area contributed by atoms with Crippen molar-refractivity contribution < 1.29 is 9.13 Å². The molecule has 0 amide bonds. The minimum Gasteiger partial charge on any atom is -0.490 e. The monoisotopic (exact) mass is 232 g/mol. The Balaban J connectivity index is 3.14. The molecule has 1 rings (SSSR count). The number of hydrogen-bond donors (Lipinski definition) is 0. The Labute approximate surface area is 79.7 Å². The first-order valence-corrected chi connectivity index (χ1v) is 4.53. The van der Waals surface area contributed by atoms with Crippen LogP contribution in [0.4, 0.5) is 4.39 Å². The van der Waals surface area contributed by atoms with E-state index in [1.807, 2.05) is 13.8 Å². The van der Waals surface area contributed by atoms with Crippen molar-refractivity contribution in [3.63, 3.8) is 0 Å². The highest BCUT2D eigenvalue weighted by atomic mass is 79.9. The number of rotatable bonds is 2. The van der Waals surface area contributed by atoms with Crippen molar-refractivity contribution in [3.05, 3.63) is 28.0 Å². The summed E-state index contributed by atoms with van der Waals surface area (Å²) in [7, 11) is 0. The number of halogens is 2. The van der Waals surface area contributed by atoms with Crippen molar-refractivity contribution in [2.45, 2.75) is 13.8 Å². The molecule has 0 saturated carbocycles. The first kappa shape index (κ1) is 9.52. The Bertz CT molecular complexity index is 286. The Morgan fingerprint density at radius 3 is 2.75 bits per heavy atom. The highest BCUT2D eigenvalue weighted by Crippen LogP contribution is 2.30. The molecule has 0 atom stereocenters. The minimum atomic E-state index is -0.325. The number of aryl methyl sites for hydroxylation is 1. The molecule has 0 radical (unpaired) electrons. The van der Waals surface area contributed by atoms with Gasteiger partial charge in [0.15, 0.2) is 11.6 Å². The molecule has 0 bridgehead atoms. The summed E-state index contributed by atoms with van der Waals surface area (Å²) in [5.41, 5.74) is 0.972. The highest BCUT2D eigenvalue weighted by molar-refractivity contribution is 9.10. The molecular formula is C9H10BrFO. The normalized spacial score (nSPS) is 10.0. The SMILES string of the molecule is CCOc1c(F)ccc(C)c1Br. The zero-order valence-corrected chi connectivity index (χ0v) is 8.61. The second-order valence-electron chi connectivity index (χ2n) is 2.44. The lowest BCUT2D eigenvalue weighted by atomic mass is 10.2. The van der Waals surface area contributed by atoms with Gasteiger partial charge in [-0.25, -0.2) is 4.39 Å². The van der Waals surface area contributed by atoms with Crippen LogP contribution in [0, 0.1) is 12.7 Å². The van der Waals surface area contributed by atoms with E-state index < -0.39 is 0 Å². The van der Waals surface area contributed by atoms with Gasteiger partial charge in [0.1, 0.15) is 0 Å². The summed E-state index contributed by atoms with van der Waals surface area (Å²) in [4.78, 5) is 0. The third-order valence-electron chi connectivity index (χ3n) is 1.53.